The van der Waals surface area contributed by atoms with Crippen molar-refractivity contribution in [2.45, 2.75) is 58.7 Å². The van der Waals surface area contributed by atoms with Crippen LogP contribution in [-0.4, -0.2) is 44.8 Å². The zero-order valence-corrected chi connectivity index (χ0v) is 16.5. The number of urea groups is 1. The molecular weight excluding hydrogens is 352 g/mol. The van der Waals surface area contributed by atoms with Crippen molar-refractivity contribution in [3.63, 3.8) is 0 Å². The lowest BCUT2D eigenvalue weighted by Crippen LogP contribution is -2.38. The number of thiazole rings is 1. The van der Waals surface area contributed by atoms with Gasteiger partial charge < -0.3 is 15.0 Å². The molecule has 0 bridgehead atoms. The Balaban J connectivity index is 1.56. The van der Waals surface area contributed by atoms with Gasteiger partial charge in [-0.3, -0.25) is 5.10 Å². The fraction of sp³-hybridized carbons (Fsp3) is 0.647. The molecule has 2 atom stereocenters. The average molecular weight is 379 g/mol. The molecule has 26 heavy (non-hydrogen) atoms. The standard InChI is InChI=1S/C17H26N6O2S/c1-5-14-19-10(2)15(26-14)11(3)23(4)17(24)18-9-13-20-16(22-21-13)12-7-6-8-25-12/h11-12H,5-9H2,1-4H3,(H,18,24)(H,20,21,22). The van der Waals surface area contributed by atoms with Gasteiger partial charge >= 0.3 is 6.03 Å². The van der Waals surface area contributed by atoms with Crippen LogP contribution in [0.5, 0.6) is 0 Å². The summed E-state index contributed by atoms with van der Waals surface area (Å²) in [6.45, 7) is 7.16. The summed E-state index contributed by atoms with van der Waals surface area (Å²) in [6, 6.07) is -0.191. The average Bonchev–Trinajstić information content (AvgIpc) is 3.38. The van der Waals surface area contributed by atoms with Gasteiger partial charge in [0.25, 0.3) is 0 Å². The number of carbonyl (C=O) groups is 1. The summed E-state index contributed by atoms with van der Waals surface area (Å²) in [4.78, 5) is 24.3. The molecule has 9 heteroatoms. The number of H-pyrrole nitrogens is 1. The Labute approximate surface area is 157 Å². The number of ether oxygens (including phenoxy) is 1. The predicted octanol–water partition coefficient (Wildman–Crippen LogP) is 2.89. The van der Waals surface area contributed by atoms with E-state index in [1.165, 1.54) is 0 Å². The van der Waals surface area contributed by atoms with E-state index < -0.39 is 0 Å². The number of hydrogen-bond donors (Lipinski definition) is 2. The lowest BCUT2D eigenvalue weighted by molar-refractivity contribution is 0.105. The Hall–Kier alpha value is -2.00. The number of carbonyl (C=O) groups excluding carboxylic acids is 1. The monoisotopic (exact) mass is 378 g/mol. The molecule has 142 valence electrons. The SMILES string of the molecule is CCc1nc(C)c(C(C)N(C)C(=O)NCc2nc(C3CCCO3)n[nH]2)s1. The van der Waals surface area contributed by atoms with Crippen LogP contribution in [0, 0.1) is 6.92 Å². The number of aromatic amines is 1. The Morgan fingerprint density at radius 2 is 2.31 bits per heavy atom. The molecule has 1 aliphatic rings. The van der Waals surface area contributed by atoms with E-state index >= 15 is 0 Å². The Bertz CT molecular complexity index is 752. The fourth-order valence-electron chi connectivity index (χ4n) is 2.95. The molecule has 2 aromatic heterocycles. The molecule has 2 amide bonds. The van der Waals surface area contributed by atoms with E-state index in [9.17, 15) is 4.79 Å². The van der Waals surface area contributed by atoms with E-state index in [-0.39, 0.29) is 18.2 Å². The van der Waals surface area contributed by atoms with E-state index in [1.54, 1.807) is 23.3 Å². The second kappa shape index (κ2) is 8.13. The summed E-state index contributed by atoms with van der Waals surface area (Å²) in [5.74, 6) is 1.30. The second-order valence-electron chi connectivity index (χ2n) is 6.50. The maximum absolute atomic E-state index is 12.5. The Kier molecular flexibility index (Phi) is 5.87. The molecule has 0 aliphatic carbocycles. The molecule has 1 saturated heterocycles. The zero-order chi connectivity index (χ0) is 18.7. The Morgan fingerprint density at radius 1 is 1.50 bits per heavy atom. The van der Waals surface area contributed by atoms with Crippen LogP contribution in [0.25, 0.3) is 0 Å². The van der Waals surface area contributed by atoms with Gasteiger partial charge in [0.2, 0.25) is 0 Å². The topological polar surface area (TPSA) is 96.0 Å². The number of hydrogen-bond acceptors (Lipinski definition) is 6. The normalized spacial score (nSPS) is 18.1. The van der Waals surface area contributed by atoms with Crippen LogP contribution in [0.15, 0.2) is 0 Å². The van der Waals surface area contributed by atoms with Gasteiger partial charge in [-0.15, -0.1) is 11.3 Å². The fourth-order valence-corrected chi connectivity index (χ4v) is 4.06. The third kappa shape index (κ3) is 4.04. The molecule has 2 unspecified atom stereocenters. The van der Waals surface area contributed by atoms with Gasteiger partial charge in [-0.05, 0) is 33.1 Å². The molecule has 2 N–H and O–H groups in total. The molecule has 0 saturated carbocycles. The van der Waals surface area contributed by atoms with Gasteiger partial charge in [-0.2, -0.15) is 5.10 Å². The first kappa shape index (κ1) is 18.8. The summed E-state index contributed by atoms with van der Waals surface area (Å²) in [6.07, 6.45) is 2.86. The first-order chi connectivity index (χ1) is 12.5. The van der Waals surface area contributed by atoms with Crippen LogP contribution in [0.2, 0.25) is 0 Å². The maximum atomic E-state index is 12.5. The zero-order valence-electron chi connectivity index (χ0n) is 15.7. The van der Waals surface area contributed by atoms with Crippen molar-refractivity contribution in [1.82, 2.24) is 30.4 Å². The molecule has 2 aromatic rings. The quantitative estimate of drug-likeness (QED) is 0.806. The largest absolute Gasteiger partial charge is 0.370 e. The molecule has 0 aromatic carbocycles. The summed E-state index contributed by atoms with van der Waals surface area (Å²) in [5, 5.41) is 11.1. The van der Waals surface area contributed by atoms with E-state index in [4.69, 9.17) is 4.74 Å². The highest BCUT2D eigenvalue weighted by Gasteiger charge is 2.23. The number of aryl methyl sites for hydroxylation is 2. The number of nitrogens with zero attached hydrogens (tertiary/aromatic N) is 4. The second-order valence-corrected chi connectivity index (χ2v) is 7.61. The van der Waals surface area contributed by atoms with Crippen molar-refractivity contribution >= 4 is 17.4 Å². The minimum atomic E-state index is -0.154. The summed E-state index contributed by atoms with van der Waals surface area (Å²) in [7, 11) is 1.79. The minimum absolute atomic E-state index is 0.0273. The van der Waals surface area contributed by atoms with Crippen molar-refractivity contribution in [3.8, 4) is 0 Å². The predicted molar refractivity (Wildman–Crippen MR) is 99.0 cm³/mol. The summed E-state index contributed by atoms with van der Waals surface area (Å²) in [5.41, 5.74) is 0.996. The molecular formula is C17H26N6O2S. The molecule has 0 radical (unpaired) electrons. The number of nitrogens with one attached hydrogen (secondary N) is 2. The highest BCUT2D eigenvalue weighted by Crippen LogP contribution is 2.29. The third-order valence-electron chi connectivity index (χ3n) is 4.63. The molecule has 1 aliphatic heterocycles. The van der Waals surface area contributed by atoms with Gasteiger partial charge in [0.1, 0.15) is 11.9 Å². The van der Waals surface area contributed by atoms with E-state index in [1.807, 2.05) is 13.8 Å². The van der Waals surface area contributed by atoms with E-state index in [2.05, 4.69) is 32.4 Å². The van der Waals surface area contributed by atoms with Crippen LogP contribution in [-0.2, 0) is 17.7 Å². The highest BCUT2D eigenvalue weighted by molar-refractivity contribution is 7.11. The van der Waals surface area contributed by atoms with Gasteiger partial charge in [0.15, 0.2) is 5.82 Å². The van der Waals surface area contributed by atoms with Gasteiger partial charge in [-0.25, -0.2) is 14.8 Å². The van der Waals surface area contributed by atoms with Crippen LogP contribution in [0.3, 0.4) is 0 Å². The van der Waals surface area contributed by atoms with Crippen LogP contribution in [0.1, 0.15) is 66.1 Å². The van der Waals surface area contributed by atoms with Crippen molar-refractivity contribution in [3.05, 3.63) is 27.2 Å². The number of amides is 2. The van der Waals surface area contributed by atoms with Crippen molar-refractivity contribution in [2.75, 3.05) is 13.7 Å². The lowest BCUT2D eigenvalue weighted by atomic mass is 10.2. The van der Waals surface area contributed by atoms with Crippen molar-refractivity contribution in [2.24, 2.45) is 0 Å². The van der Waals surface area contributed by atoms with Crippen LogP contribution in [0.4, 0.5) is 4.79 Å². The van der Waals surface area contributed by atoms with Gasteiger partial charge in [-0.1, -0.05) is 6.92 Å². The van der Waals surface area contributed by atoms with E-state index in [0.717, 1.165) is 41.4 Å². The lowest BCUT2D eigenvalue weighted by Gasteiger charge is -2.24. The van der Waals surface area contributed by atoms with Gasteiger partial charge in [0.05, 0.1) is 23.3 Å². The van der Waals surface area contributed by atoms with Crippen molar-refractivity contribution < 1.29 is 9.53 Å². The number of rotatable bonds is 6. The molecule has 0 spiro atoms. The maximum Gasteiger partial charge on any atom is 0.318 e. The van der Waals surface area contributed by atoms with Crippen molar-refractivity contribution in [1.29, 1.82) is 0 Å². The summed E-state index contributed by atoms with van der Waals surface area (Å²) < 4.78 is 5.57. The molecule has 3 heterocycles. The first-order valence-electron chi connectivity index (χ1n) is 8.99. The van der Waals surface area contributed by atoms with E-state index in [0.29, 0.717) is 18.2 Å². The highest BCUT2D eigenvalue weighted by atomic mass is 32.1. The minimum Gasteiger partial charge on any atom is -0.370 e. The molecule has 8 nitrogen and oxygen atoms in total. The van der Waals surface area contributed by atoms with Crippen LogP contribution >= 0.6 is 11.3 Å². The summed E-state index contributed by atoms with van der Waals surface area (Å²) >= 11 is 1.67. The first-order valence-corrected chi connectivity index (χ1v) is 9.80. The Morgan fingerprint density at radius 3 is 2.96 bits per heavy atom. The number of aromatic nitrogens is 4. The molecule has 1 fully saturated rings. The smallest absolute Gasteiger partial charge is 0.318 e. The van der Waals surface area contributed by atoms with Crippen LogP contribution < -0.4 is 5.32 Å². The molecule has 3 rings (SSSR count). The van der Waals surface area contributed by atoms with Gasteiger partial charge in [0, 0.05) is 18.5 Å². The third-order valence-corrected chi connectivity index (χ3v) is 6.11.